The molecular formula is C19H30O3. The summed E-state index contributed by atoms with van der Waals surface area (Å²) in [6.07, 6.45) is 7.07. The maximum atomic E-state index is 13.0. The van der Waals surface area contributed by atoms with Crippen molar-refractivity contribution in [1.29, 1.82) is 0 Å². The molecule has 0 spiro atoms. The molecular weight excluding hydrogens is 276 g/mol. The molecule has 0 heterocycles. The largest absolute Gasteiger partial charge is 0.393 e. The highest BCUT2D eigenvalue weighted by atomic mass is 16.3. The smallest absolute Gasteiger partial charge is 0.136 e. The molecule has 4 aliphatic carbocycles. The summed E-state index contributed by atoms with van der Waals surface area (Å²) < 4.78 is 0. The third-order valence-corrected chi connectivity index (χ3v) is 8.39. The summed E-state index contributed by atoms with van der Waals surface area (Å²) in [5, 5.41) is 20.5. The number of ketones is 1. The minimum absolute atomic E-state index is 0.0335. The second-order valence-corrected chi connectivity index (χ2v) is 9.18. The van der Waals surface area contributed by atoms with Gasteiger partial charge in [-0.3, -0.25) is 4.79 Å². The highest BCUT2D eigenvalue weighted by Crippen LogP contribution is 2.65. The zero-order valence-electron chi connectivity index (χ0n) is 13.9. The van der Waals surface area contributed by atoms with Gasteiger partial charge in [0.1, 0.15) is 5.78 Å². The summed E-state index contributed by atoms with van der Waals surface area (Å²) in [7, 11) is 0. The molecule has 8 atom stereocenters. The highest BCUT2D eigenvalue weighted by molar-refractivity contribution is 5.83. The lowest BCUT2D eigenvalue weighted by Gasteiger charge is -2.59. The zero-order valence-corrected chi connectivity index (χ0v) is 13.9. The summed E-state index contributed by atoms with van der Waals surface area (Å²) in [5.41, 5.74) is 0.195. The van der Waals surface area contributed by atoms with Crippen LogP contribution in [0, 0.1) is 34.5 Å². The summed E-state index contributed by atoms with van der Waals surface area (Å²) in [6, 6.07) is 0. The Morgan fingerprint density at radius 1 is 0.955 bits per heavy atom. The molecule has 0 aromatic carbocycles. The Bertz CT molecular complexity index is 489. The third-order valence-electron chi connectivity index (χ3n) is 8.39. The van der Waals surface area contributed by atoms with Crippen molar-refractivity contribution in [2.45, 2.75) is 77.4 Å². The van der Waals surface area contributed by atoms with Gasteiger partial charge in [0, 0.05) is 12.3 Å². The van der Waals surface area contributed by atoms with Gasteiger partial charge in [-0.1, -0.05) is 13.8 Å². The van der Waals surface area contributed by atoms with Crippen molar-refractivity contribution in [1.82, 2.24) is 0 Å². The molecule has 0 bridgehead atoms. The molecule has 4 aliphatic rings. The fourth-order valence-electron chi connectivity index (χ4n) is 6.88. The molecule has 4 fully saturated rings. The first kappa shape index (κ1) is 15.1. The monoisotopic (exact) mass is 306 g/mol. The van der Waals surface area contributed by atoms with E-state index in [0.717, 1.165) is 44.9 Å². The summed E-state index contributed by atoms with van der Waals surface area (Å²) in [5.74, 6) is 1.85. The molecule has 4 rings (SSSR count). The van der Waals surface area contributed by atoms with Gasteiger partial charge in [-0.25, -0.2) is 0 Å². The molecule has 2 N–H and O–H groups in total. The molecule has 124 valence electrons. The minimum atomic E-state index is -0.218. The van der Waals surface area contributed by atoms with Gasteiger partial charge < -0.3 is 10.2 Å². The summed E-state index contributed by atoms with van der Waals surface area (Å²) in [4.78, 5) is 13.0. The number of carbonyl (C=O) groups is 1. The quantitative estimate of drug-likeness (QED) is 0.723. The molecule has 0 aliphatic heterocycles. The standard InChI is InChI=1S/C19H30O3/c1-18-7-5-12(20)9-11(18)10-15(21)17-13-3-4-16(22)19(13,2)8-6-14(17)18/h11-14,16-17,20,22H,3-10H2,1-2H3/t11?,12-,13-,14-,16-,17-,18-,19-/m0/s1. The fraction of sp³-hybridized carbons (Fsp3) is 0.947. The third kappa shape index (κ3) is 1.84. The Hall–Kier alpha value is -0.410. The molecule has 0 radical (unpaired) electrons. The van der Waals surface area contributed by atoms with Gasteiger partial charge in [0.25, 0.3) is 0 Å². The Morgan fingerprint density at radius 2 is 1.64 bits per heavy atom. The van der Waals surface area contributed by atoms with E-state index in [2.05, 4.69) is 13.8 Å². The zero-order chi connectivity index (χ0) is 15.7. The van der Waals surface area contributed by atoms with E-state index in [-0.39, 0.29) is 29.0 Å². The predicted molar refractivity (Wildman–Crippen MR) is 84.1 cm³/mol. The summed E-state index contributed by atoms with van der Waals surface area (Å²) >= 11 is 0. The van der Waals surface area contributed by atoms with E-state index in [1.54, 1.807) is 0 Å². The molecule has 1 unspecified atom stereocenters. The van der Waals surface area contributed by atoms with Crippen LogP contribution in [0.25, 0.3) is 0 Å². The molecule has 3 nitrogen and oxygen atoms in total. The van der Waals surface area contributed by atoms with E-state index >= 15 is 0 Å². The average molecular weight is 306 g/mol. The van der Waals surface area contributed by atoms with Crippen LogP contribution in [-0.4, -0.2) is 28.2 Å². The fourth-order valence-corrected chi connectivity index (χ4v) is 6.88. The lowest BCUT2D eigenvalue weighted by Crippen LogP contribution is -2.57. The Balaban J connectivity index is 1.69. The Kier molecular flexibility index (Phi) is 3.30. The predicted octanol–water partition coefficient (Wildman–Crippen LogP) is 2.93. The van der Waals surface area contributed by atoms with E-state index in [1.807, 2.05) is 0 Å². The molecule has 0 aromatic rings. The second kappa shape index (κ2) is 4.80. The van der Waals surface area contributed by atoms with Crippen molar-refractivity contribution in [3.63, 3.8) is 0 Å². The number of aliphatic hydroxyl groups excluding tert-OH is 2. The molecule has 0 aromatic heterocycles. The second-order valence-electron chi connectivity index (χ2n) is 9.18. The van der Waals surface area contributed by atoms with Crippen molar-refractivity contribution in [3.05, 3.63) is 0 Å². The van der Waals surface area contributed by atoms with Gasteiger partial charge >= 0.3 is 0 Å². The van der Waals surface area contributed by atoms with Crippen LogP contribution in [0.4, 0.5) is 0 Å². The van der Waals surface area contributed by atoms with Gasteiger partial charge in [-0.2, -0.15) is 0 Å². The van der Waals surface area contributed by atoms with Crippen LogP contribution in [0.3, 0.4) is 0 Å². The number of Topliss-reactive ketones (excluding diaryl/α,β-unsaturated/α-hetero) is 1. The van der Waals surface area contributed by atoms with E-state index in [1.165, 1.54) is 0 Å². The van der Waals surface area contributed by atoms with Gasteiger partial charge in [-0.05, 0) is 73.5 Å². The lowest BCUT2D eigenvalue weighted by molar-refractivity contribution is -0.162. The lowest BCUT2D eigenvalue weighted by atomic mass is 9.45. The van der Waals surface area contributed by atoms with Crippen LogP contribution in [-0.2, 0) is 4.79 Å². The van der Waals surface area contributed by atoms with Crippen molar-refractivity contribution in [3.8, 4) is 0 Å². The topological polar surface area (TPSA) is 57.5 Å². The molecule has 4 saturated carbocycles. The van der Waals surface area contributed by atoms with Crippen LogP contribution in [0.5, 0.6) is 0 Å². The number of carbonyl (C=O) groups excluding carboxylic acids is 1. The van der Waals surface area contributed by atoms with E-state index in [4.69, 9.17) is 0 Å². The van der Waals surface area contributed by atoms with Crippen LogP contribution >= 0.6 is 0 Å². The molecule has 3 heteroatoms. The first-order valence-corrected chi connectivity index (χ1v) is 9.25. The van der Waals surface area contributed by atoms with E-state index < -0.39 is 0 Å². The van der Waals surface area contributed by atoms with Crippen molar-refractivity contribution < 1.29 is 15.0 Å². The van der Waals surface area contributed by atoms with E-state index in [0.29, 0.717) is 30.0 Å². The van der Waals surface area contributed by atoms with Gasteiger partial charge in [0.05, 0.1) is 12.2 Å². The van der Waals surface area contributed by atoms with Crippen LogP contribution in [0.15, 0.2) is 0 Å². The number of fused-ring (bicyclic) bond motifs is 5. The molecule has 22 heavy (non-hydrogen) atoms. The number of hydrogen-bond acceptors (Lipinski definition) is 3. The number of hydrogen-bond donors (Lipinski definition) is 2. The summed E-state index contributed by atoms with van der Waals surface area (Å²) in [6.45, 7) is 4.61. The van der Waals surface area contributed by atoms with Gasteiger partial charge in [0.15, 0.2) is 0 Å². The van der Waals surface area contributed by atoms with E-state index in [9.17, 15) is 15.0 Å². The average Bonchev–Trinajstić information content (AvgIpc) is 2.77. The molecule has 0 saturated heterocycles. The van der Waals surface area contributed by atoms with Crippen LogP contribution in [0.1, 0.15) is 65.2 Å². The maximum absolute atomic E-state index is 13.0. The number of rotatable bonds is 0. The highest BCUT2D eigenvalue weighted by Gasteiger charge is 2.62. The van der Waals surface area contributed by atoms with Crippen LogP contribution < -0.4 is 0 Å². The first-order chi connectivity index (χ1) is 10.4. The minimum Gasteiger partial charge on any atom is -0.393 e. The van der Waals surface area contributed by atoms with Crippen LogP contribution in [0.2, 0.25) is 0 Å². The number of aliphatic hydroxyl groups is 2. The van der Waals surface area contributed by atoms with Gasteiger partial charge in [0.2, 0.25) is 0 Å². The Morgan fingerprint density at radius 3 is 2.41 bits per heavy atom. The first-order valence-electron chi connectivity index (χ1n) is 9.25. The van der Waals surface area contributed by atoms with Crippen molar-refractivity contribution in [2.75, 3.05) is 0 Å². The van der Waals surface area contributed by atoms with Gasteiger partial charge in [-0.15, -0.1) is 0 Å². The molecule has 0 amide bonds. The van der Waals surface area contributed by atoms with Crippen molar-refractivity contribution in [2.24, 2.45) is 34.5 Å². The van der Waals surface area contributed by atoms with Crippen molar-refractivity contribution >= 4 is 5.78 Å². The maximum Gasteiger partial charge on any atom is 0.136 e. The normalized spacial score (nSPS) is 57.9. The SMILES string of the molecule is C[C@]12CC[C@H]3[C@@H](C(=O)CC4C[C@@H](O)CC[C@@]43C)[C@@H]1CC[C@@H]2O. The Labute approximate surface area is 133 Å².